The average Bonchev–Trinajstić information content (AvgIpc) is 2.71. The van der Waals surface area contributed by atoms with Crippen molar-refractivity contribution in [2.75, 3.05) is 5.32 Å². The van der Waals surface area contributed by atoms with Gasteiger partial charge in [0.1, 0.15) is 0 Å². The Morgan fingerprint density at radius 3 is 2.78 bits per heavy atom. The van der Waals surface area contributed by atoms with Gasteiger partial charge in [-0.1, -0.05) is 29.8 Å². The second kappa shape index (κ2) is 5.01. The molecule has 0 bridgehead atoms. The molecule has 1 aromatic heterocycles. The van der Waals surface area contributed by atoms with Crippen LogP contribution in [0.5, 0.6) is 0 Å². The Labute approximate surface area is 108 Å². The third-order valence-corrected chi connectivity index (χ3v) is 3.54. The van der Waals surface area contributed by atoms with E-state index in [1.54, 1.807) is 6.07 Å². The molecule has 4 nitrogen and oxygen atoms in total. The number of amides is 2. The fraction of sp³-hybridized carbons (Fsp3) is 0.0769. The molecule has 5 heteroatoms. The monoisotopic (exact) mass is 260 g/mol. The zero-order chi connectivity index (χ0) is 13.1. The highest BCUT2D eigenvalue weighted by Crippen LogP contribution is 2.34. The molecule has 0 atom stereocenters. The van der Waals surface area contributed by atoms with Gasteiger partial charge in [0, 0.05) is 4.88 Å². The maximum atomic E-state index is 10.9. The van der Waals surface area contributed by atoms with Gasteiger partial charge in [0.15, 0.2) is 6.29 Å². The van der Waals surface area contributed by atoms with Crippen molar-refractivity contribution in [2.24, 2.45) is 5.73 Å². The topological polar surface area (TPSA) is 72.2 Å². The zero-order valence-corrected chi connectivity index (χ0v) is 10.6. The van der Waals surface area contributed by atoms with Crippen LogP contribution < -0.4 is 11.1 Å². The molecular formula is C13H12N2O2S. The number of hydrogen-bond donors (Lipinski definition) is 2. The van der Waals surface area contributed by atoms with E-state index >= 15 is 0 Å². The van der Waals surface area contributed by atoms with E-state index in [9.17, 15) is 9.59 Å². The van der Waals surface area contributed by atoms with E-state index in [0.717, 1.165) is 22.3 Å². The highest BCUT2D eigenvalue weighted by Gasteiger charge is 2.11. The van der Waals surface area contributed by atoms with Crippen LogP contribution in [0.15, 0.2) is 30.3 Å². The molecule has 0 saturated carbocycles. The molecule has 0 aliphatic heterocycles. The summed E-state index contributed by atoms with van der Waals surface area (Å²) in [5.74, 6) is 0. The smallest absolute Gasteiger partial charge is 0.316 e. The minimum atomic E-state index is -0.674. The minimum absolute atomic E-state index is 0.457. The van der Waals surface area contributed by atoms with Gasteiger partial charge in [-0.3, -0.25) is 4.79 Å². The Morgan fingerprint density at radius 1 is 1.39 bits per heavy atom. The summed E-state index contributed by atoms with van der Waals surface area (Å²) in [5, 5.41) is 2.45. The van der Waals surface area contributed by atoms with Crippen LogP contribution >= 0.6 is 11.3 Å². The first-order valence-corrected chi connectivity index (χ1v) is 6.14. The Hall–Kier alpha value is -2.14. The predicted molar refractivity (Wildman–Crippen MR) is 73.1 cm³/mol. The maximum absolute atomic E-state index is 10.9. The number of rotatable bonds is 3. The van der Waals surface area contributed by atoms with Crippen LogP contribution in [0.4, 0.5) is 10.5 Å². The van der Waals surface area contributed by atoms with E-state index in [1.807, 2.05) is 31.2 Å². The third-order valence-electron chi connectivity index (χ3n) is 2.43. The molecule has 0 aliphatic rings. The summed E-state index contributed by atoms with van der Waals surface area (Å²) < 4.78 is 0. The van der Waals surface area contributed by atoms with E-state index in [4.69, 9.17) is 5.73 Å². The first-order valence-electron chi connectivity index (χ1n) is 5.32. The Kier molecular flexibility index (Phi) is 3.43. The lowest BCUT2D eigenvalue weighted by atomic mass is 10.1. The van der Waals surface area contributed by atoms with E-state index in [2.05, 4.69) is 5.32 Å². The molecule has 0 fully saturated rings. The molecule has 3 N–H and O–H groups in total. The standard InChI is InChI=1S/C13H12N2O2S/c1-8-3-2-4-9(5-8)11-6-10(15-13(14)17)12(7-16)18-11/h2-7H,1H3,(H3,14,15,17). The van der Waals surface area contributed by atoms with Crippen molar-refractivity contribution in [2.45, 2.75) is 6.92 Å². The number of urea groups is 1. The number of benzene rings is 1. The Bertz CT molecular complexity index is 605. The number of nitrogens with two attached hydrogens (primary N) is 1. The van der Waals surface area contributed by atoms with E-state index in [0.29, 0.717) is 10.6 Å². The summed E-state index contributed by atoms with van der Waals surface area (Å²) in [6, 6.07) is 9.02. The van der Waals surface area contributed by atoms with Crippen molar-refractivity contribution in [3.63, 3.8) is 0 Å². The summed E-state index contributed by atoms with van der Waals surface area (Å²) in [5.41, 5.74) is 7.67. The summed E-state index contributed by atoms with van der Waals surface area (Å²) in [4.78, 5) is 23.2. The lowest BCUT2D eigenvalue weighted by Gasteiger charge is -1.98. The van der Waals surface area contributed by atoms with Gasteiger partial charge in [-0.15, -0.1) is 11.3 Å². The minimum Gasteiger partial charge on any atom is -0.351 e. The number of carbonyl (C=O) groups excluding carboxylic acids is 2. The predicted octanol–water partition coefficient (Wildman–Crippen LogP) is 3.03. The molecule has 0 saturated heterocycles. The SMILES string of the molecule is Cc1cccc(-c2cc(NC(N)=O)c(C=O)s2)c1. The molecule has 0 unspecified atom stereocenters. The molecule has 1 aromatic carbocycles. The fourth-order valence-corrected chi connectivity index (χ4v) is 2.59. The van der Waals surface area contributed by atoms with Crippen LogP contribution in [-0.2, 0) is 0 Å². The second-order valence-electron chi connectivity index (χ2n) is 3.87. The van der Waals surface area contributed by atoms with Crippen LogP contribution in [0.1, 0.15) is 15.2 Å². The van der Waals surface area contributed by atoms with Crippen molar-refractivity contribution >= 4 is 29.3 Å². The normalized spacial score (nSPS) is 10.1. The molecule has 92 valence electrons. The Morgan fingerprint density at radius 2 is 2.17 bits per heavy atom. The third kappa shape index (κ3) is 2.57. The number of nitrogens with one attached hydrogen (secondary N) is 1. The van der Waals surface area contributed by atoms with Crippen LogP contribution in [0.2, 0.25) is 0 Å². The van der Waals surface area contributed by atoms with Crippen molar-refractivity contribution in [3.05, 3.63) is 40.8 Å². The van der Waals surface area contributed by atoms with E-state index in [1.165, 1.54) is 11.3 Å². The van der Waals surface area contributed by atoms with Gasteiger partial charge in [-0.2, -0.15) is 0 Å². The van der Waals surface area contributed by atoms with Gasteiger partial charge in [-0.05, 0) is 18.6 Å². The molecule has 2 rings (SSSR count). The molecule has 18 heavy (non-hydrogen) atoms. The van der Waals surface area contributed by atoms with Gasteiger partial charge in [0.2, 0.25) is 0 Å². The van der Waals surface area contributed by atoms with Crippen LogP contribution in [-0.4, -0.2) is 12.3 Å². The van der Waals surface area contributed by atoms with E-state index in [-0.39, 0.29) is 0 Å². The molecular weight excluding hydrogens is 248 g/mol. The molecule has 2 aromatic rings. The number of hydrogen-bond acceptors (Lipinski definition) is 3. The van der Waals surface area contributed by atoms with Crippen LogP contribution in [0, 0.1) is 6.92 Å². The van der Waals surface area contributed by atoms with Crippen molar-refractivity contribution in [3.8, 4) is 10.4 Å². The van der Waals surface area contributed by atoms with Gasteiger partial charge >= 0.3 is 6.03 Å². The second-order valence-corrected chi connectivity index (χ2v) is 4.95. The average molecular weight is 260 g/mol. The summed E-state index contributed by atoms with van der Waals surface area (Å²) in [6.07, 6.45) is 0.717. The number of primary amides is 1. The lowest BCUT2D eigenvalue weighted by molar-refractivity contribution is 0.112. The van der Waals surface area contributed by atoms with Crippen molar-refractivity contribution in [1.29, 1.82) is 0 Å². The molecule has 2 amide bonds. The quantitative estimate of drug-likeness (QED) is 0.832. The number of carbonyl (C=O) groups is 2. The maximum Gasteiger partial charge on any atom is 0.316 e. The zero-order valence-electron chi connectivity index (χ0n) is 9.77. The number of thiophene rings is 1. The Balaban J connectivity index is 2.43. The largest absolute Gasteiger partial charge is 0.351 e. The molecule has 0 radical (unpaired) electrons. The van der Waals surface area contributed by atoms with Gasteiger partial charge in [0.05, 0.1) is 10.6 Å². The fourth-order valence-electron chi connectivity index (χ4n) is 1.66. The van der Waals surface area contributed by atoms with Gasteiger partial charge < -0.3 is 11.1 Å². The first kappa shape index (κ1) is 12.3. The summed E-state index contributed by atoms with van der Waals surface area (Å²) in [6.45, 7) is 2.00. The summed E-state index contributed by atoms with van der Waals surface area (Å²) >= 11 is 1.32. The van der Waals surface area contributed by atoms with Crippen LogP contribution in [0.3, 0.4) is 0 Å². The van der Waals surface area contributed by atoms with Crippen molar-refractivity contribution in [1.82, 2.24) is 0 Å². The van der Waals surface area contributed by atoms with Gasteiger partial charge in [0.25, 0.3) is 0 Å². The molecule has 1 heterocycles. The highest BCUT2D eigenvalue weighted by atomic mass is 32.1. The highest BCUT2D eigenvalue weighted by molar-refractivity contribution is 7.17. The van der Waals surface area contributed by atoms with Gasteiger partial charge in [-0.25, -0.2) is 4.79 Å². The number of aryl methyl sites for hydroxylation is 1. The van der Waals surface area contributed by atoms with E-state index < -0.39 is 6.03 Å². The van der Waals surface area contributed by atoms with Crippen molar-refractivity contribution < 1.29 is 9.59 Å². The number of aldehydes is 1. The molecule has 0 spiro atoms. The first-order chi connectivity index (χ1) is 8.60. The van der Waals surface area contributed by atoms with Crippen LogP contribution in [0.25, 0.3) is 10.4 Å². The lowest BCUT2D eigenvalue weighted by Crippen LogP contribution is -2.19. The summed E-state index contributed by atoms with van der Waals surface area (Å²) in [7, 11) is 0. The number of anilines is 1. The molecule has 0 aliphatic carbocycles.